The molecule has 0 aliphatic carbocycles. The van der Waals surface area contributed by atoms with Gasteiger partial charge in [0.25, 0.3) is 0 Å². The third kappa shape index (κ3) is 4.71. The van der Waals surface area contributed by atoms with E-state index in [9.17, 15) is 0 Å². The molecule has 0 radical (unpaired) electrons. The van der Waals surface area contributed by atoms with E-state index in [1.54, 1.807) is 11.8 Å². The summed E-state index contributed by atoms with van der Waals surface area (Å²) in [6.45, 7) is 3.16. The van der Waals surface area contributed by atoms with E-state index < -0.39 is 0 Å². The summed E-state index contributed by atoms with van der Waals surface area (Å²) >= 11 is 1.72. The minimum Gasteiger partial charge on any atom is -0.273 e. The second-order valence-corrected chi connectivity index (χ2v) is 6.76. The molecule has 2 aromatic heterocycles. The van der Waals surface area contributed by atoms with Gasteiger partial charge in [0.05, 0.1) is 0 Å². The van der Waals surface area contributed by atoms with Crippen molar-refractivity contribution in [3.8, 4) is 11.4 Å². The zero-order valence-electron chi connectivity index (χ0n) is 14.0. The zero-order chi connectivity index (χ0) is 16.6. The number of aryl methyl sites for hydroxylation is 2. The molecule has 0 fully saturated rings. The highest BCUT2D eigenvalue weighted by Gasteiger charge is 2.06. The smallest absolute Gasteiger partial charge is 0.208 e. The van der Waals surface area contributed by atoms with Gasteiger partial charge in [-0.1, -0.05) is 49.4 Å². The predicted molar refractivity (Wildman–Crippen MR) is 98.0 cm³/mol. The van der Waals surface area contributed by atoms with E-state index >= 15 is 0 Å². The van der Waals surface area contributed by atoms with Crippen LogP contribution < -0.4 is 0 Å². The van der Waals surface area contributed by atoms with Crippen LogP contribution in [-0.4, -0.2) is 30.7 Å². The number of benzene rings is 1. The predicted octanol–water partition coefficient (Wildman–Crippen LogP) is 4.19. The summed E-state index contributed by atoms with van der Waals surface area (Å²) in [5.74, 6) is 1.89. The Morgan fingerprint density at radius 1 is 1.12 bits per heavy atom. The lowest BCUT2D eigenvalue weighted by Crippen LogP contribution is -1.98. The van der Waals surface area contributed by atoms with Gasteiger partial charge in [0.15, 0.2) is 5.82 Å². The van der Waals surface area contributed by atoms with Gasteiger partial charge in [-0.25, -0.2) is 4.98 Å². The molecule has 0 aliphatic rings. The van der Waals surface area contributed by atoms with Gasteiger partial charge in [0, 0.05) is 30.3 Å². The van der Waals surface area contributed by atoms with E-state index in [1.165, 1.54) is 18.4 Å². The molecular formula is C18H23N5S. The quantitative estimate of drug-likeness (QED) is 0.468. The molecule has 0 amide bonds. The molecule has 0 spiro atoms. The van der Waals surface area contributed by atoms with Crippen molar-refractivity contribution in [1.82, 2.24) is 25.0 Å². The number of rotatable bonds is 9. The Labute approximate surface area is 146 Å². The standard InChI is InChI=1S/C18H23N5S/c1-2-15-7-9-16(10-8-15)17-20-18(22-21-17)24-14-5-3-4-12-23-13-6-11-19-23/h6-11,13H,2-5,12,14H2,1H3,(H,20,21,22). The maximum absolute atomic E-state index is 4.58. The van der Waals surface area contributed by atoms with Gasteiger partial charge >= 0.3 is 0 Å². The third-order valence-electron chi connectivity index (χ3n) is 3.92. The van der Waals surface area contributed by atoms with Crippen LogP contribution in [0.25, 0.3) is 11.4 Å². The summed E-state index contributed by atoms with van der Waals surface area (Å²) in [6, 6.07) is 10.5. The van der Waals surface area contributed by atoms with Crippen LogP contribution in [0.2, 0.25) is 0 Å². The molecule has 0 saturated heterocycles. The van der Waals surface area contributed by atoms with Gasteiger partial charge in [-0.2, -0.15) is 5.10 Å². The van der Waals surface area contributed by atoms with Crippen LogP contribution in [0.5, 0.6) is 0 Å². The molecule has 0 bridgehead atoms. The number of H-pyrrole nitrogens is 1. The molecule has 0 aliphatic heterocycles. The lowest BCUT2D eigenvalue weighted by atomic mass is 10.1. The highest BCUT2D eigenvalue weighted by atomic mass is 32.2. The summed E-state index contributed by atoms with van der Waals surface area (Å²) in [5.41, 5.74) is 2.42. The maximum atomic E-state index is 4.58. The monoisotopic (exact) mass is 341 g/mol. The maximum Gasteiger partial charge on any atom is 0.208 e. The third-order valence-corrected chi connectivity index (χ3v) is 4.86. The Bertz CT molecular complexity index is 718. The molecule has 0 unspecified atom stereocenters. The molecule has 2 heterocycles. The first-order chi connectivity index (χ1) is 11.8. The molecule has 1 N–H and O–H groups in total. The second kappa shape index (κ2) is 8.68. The van der Waals surface area contributed by atoms with Gasteiger partial charge in [-0.15, -0.1) is 5.10 Å². The summed E-state index contributed by atoms with van der Waals surface area (Å²) in [5, 5.41) is 12.4. The summed E-state index contributed by atoms with van der Waals surface area (Å²) in [6.07, 6.45) is 8.41. The van der Waals surface area contributed by atoms with Crippen molar-refractivity contribution in [3.05, 3.63) is 48.3 Å². The fraction of sp³-hybridized carbons (Fsp3) is 0.389. The number of aromatic amines is 1. The van der Waals surface area contributed by atoms with Gasteiger partial charge in [0.2, 0.25) is 5.16 Å². The fourth-order valence-electron chi connectivity index (χ4n) is 2.49. The Balaban J connectivity index is 1.39. The molecule has 3 rings (SSSR count). The van der Waals surface area contributed by atoms with E-state index in [1.807, 2.05) is 23.1 Å². The van der Waals surface area contributed by atoms with Crippen LogP contribution in [-0.2, 0) is 13.0 Å². The minimum absolute atomic E-state index is 0.830. The van der Waals surface area contributed by atoms with Crippen molar-refractivity contribution in [1.29, 1.82) is 0 Å². The molecule has 0 saturated carbocycles. The molecule has 24 heavy (non-hydrogen) atoms. The van der Waals surface area contributed by atoms with Crippen molar-refractivity contribution in [2.24, 2.45) is 0 Å². The van der Waals surface area contributed by atoms with Crippen molar-refractivity contribution >= 4 is 11.8 Å². The van der Waals surface area contributed by atoms with Crippen LogP contribution in [0.1, 0.15) is 31.7 Å². The SMILES string of the molecule is CCc1ccc(-c2nc(SCCCCCn3cccn3)n[nH]2)cc1. The van der Waals surface area contributed by atoms with Crippen molar-refractivity contribution < 1.29 is 0 Å². The molecule has 6 heteroatoms. The Morgan fingerprint density at radius 3 is 2.75 bits per heavy atom. The molecule has 3 aromatic rings. The molecule has 5 nitrogen and oxygen atoms in total. The number of nitrogens with zero attached hydrogens (tertiary/aromatic N) is 4. The topological polar surface area (TPSA) is 59.4 Å². The van der Waals surface area contributed by atoms with Crippen LogP contribution in [0.4, 0.5) is 0 Å². The second-order valence-electron chi connectivity index (χ2n) is 5.70. The van der Waals surface area contributed by atoms with Crippen molar-refractivity contribution in [3.63, 3.8) is 0 Å². The number of hydrogen-bond acceptors (Lipinski definition) is 4. The van der Waals surface area contributed by atoms with Crippen molar-refractivity contribution in [2.45, 2.75) is 44.3 Å². The Morgan fingerprint density at radius 2 is 2.00 bits per heavy atom. The summed E-state index contributed by atoms with van der Waals surface area (Å²) < 4.78 is 1.98. The normalized spacial score (nSPS) is 11.0. The van der Waals surface area contributed by atoms with E-state index in [4.69, 9.17) is 0 Å². The molecule has 126 valence electrons. The minimum atomic E-state index is 0.830. The van der Waals surface area contributed by atoms with Gasteiger partial charge in [0.1, 0.15) is 0 Å². The van der Waals surface area contributed by atoms with E-state index in [2.05, 4.69) is 51.5 Å². The van der Waals surface area contributed by atoms with Crippen LogP contribution in [0.3, 0.4) is 0 Å². The first kappa shape index (κ1) is 16.8. The molecule has 0 atom stereocenters. The largest absolute Gasteiger partial charge is 0.273 e. The average molecular weight is 341 g/mol. The van der Waals surface area contributed by atoms with Gasteiger partial charge in [-0.05, 0) is 30.9 Å². The first-order valence-electron chi connectivity index (χ1n) is 8.47. The van der Waals surface area contributed by atoms with Gasteiger partial charge in [-0.3, -0.25) is 9.78 Å². The molecular weight excluding hydrogens is 318 g/mol. The zero-order valence-corrected chi connectivity index (χ0v) is 14.8. The summed E-state index contributed by atoms with van der Waals surface area (Å²) in [4.78, 5) is 4.58. The lowest BCUT2D eigenvalue weighted by Gasteiger charge is -2.01. The van der Waals surface area contributed by atoms with Crippen molar-refractivity contribution in [2.75, 3.05) is 5.75 Å². The van der Waals surface area contributed by atoms with E-state index in [-0.39, 0.29) is 0 Å². The average Bonchev–Trinajstić information content (AvgIpc) is 3.30. The Hall–Kier alpha value is -2.08. The Kier molecular flexibility index (Phi) is 6.07. The number of unbranched alkanes of at least 4 members (excludes halogenated alkanes) is 2. The fourth-order valence-corrected chi connectivity index (χ4v) is 3.28. The number of thioether (sulfide) groups is 1. The molecule has 1 aromatic carbocycles. The number of nitrogens with one attached hydrogen (secondary N) is 1. The van der Waals surface area contributed by atoms with Crippen LogP contribution in [0, 0.1) is 0 Å². The van der Waals surface area contributed by atoms with Gasteiger partial charge < -0.3 is 0 Å². The number of aromatic nitrogens is 5. The van der Waals surface area contributed by atoms with E-state index in [0.29, 0.717) is 0 Å². The van der Waals surface area contributed by atoms with Crippen LogP contribution in [0.15, 0.2) is 47.9 Å². The summed E-state index contributed by atoms with van der Waals surface area (Å²) in [7, 11) is 0. The van der Waals surface area contributed by atoms with E-state index in [0.717, 1.165) is 41.7 Å². The number of hydrogen-bond donors (Lipinski definition) is 1. The van der Waals surface area contributed by atoms with Crippen LogP contribution >= 0.6 is 11.8 Å². The highest BCUT2D eigenvalue weighted by Crippen LogP contribution is 2.20. The first-order valence-corrected chi connectivity index (χ1v) is 9.45. The highest BCUT2D eigenvalue weighted by molar-refractivity contribution is 7.99. The lowest BCUT2D eigenvalue weighted by molar-refractivity contribution is 0.554.